The molecule has 0 aliphatic carbocycles. The van der Waals surface area contributed by atoms with Crippen LogP contribution in [-0.4, -0.2) is 84.8 Å². The highest BCUT2D eigenvalue weighted by atomic mass is 19.1. The van der Waals surface area contributed by atoms with Crippen molar-refractivity contribution in [3.05, 3.63) is 65.2 Å². The van der Waals surface area contributed by atoms with E-state index in [1.165, 1.54) is 0 Å². The van der Waals surface area contributed by atoms with Crippen LogP contribution >= 0.6 is 0 Å². The van der Waals surface area contributed by atoms with Crippen LogP contribution in [0, 0.1) is 23.5 Å². The van der Waals surface area contributed by atoms with Crippen LogP contribution in [0.15, 0.2) is 42.5 Å². The van der Waals surface area contributed by atoms with E-state index in [1.54, 1.807) is 4.90 Å². The van der Waals surface area contributed by atoms with Crippen molar-refractivity contribution in [2.24, 2.45) is 0 Å². The van der Waals surface area contributed by atoms with Gasteiger partial charge in [-0.15, -0.1) is 0 Å². The summed E-state index contributed by atoms with van der Waals surface area (Å²) in [7, 11) is 3.95. The van der Waals surface area contributed by atoms with Gasteiger partial charge in [0.1, 0.15) is 11.6 Å². The van der Waals surface area contributed by atoms with E-state index in [4.69, 9.17) is 0 Å². The summed E-state index contributed by atoms with van der Waals surface area (Å²) in [6.07, 6.45) is 1.68. The molecule has 3 atom stereocenters. The summed E-state index contributed by atoms with van der Waals surface area (Å²) >= 11 is 0. The summed E-state index contributed by atoms with van der Waals surface area (Å²) in [4.78, 5) is 18.9. The van der Waals surface area contributed by atoms with Crippen molar-refractivity contribution in [1.29, 1.82) is 0 Å². The fourth-order valence-corrected chi connectivity index (χ4v) is 5.00. The van der Waals surface area contributed by atoms with Gasteiger partial charge in [-0.1, -0.05) is 24.0 Å². The van der Waals surface area contributed by atoms with Crippen LogP contribution in [-0.2, 0) is 0 Å². The molecule has 6 nitrogen and oxygen atoms in total. The van der Waals surface area contributed by atoms with Gasteiger partial charge in [0.05, 0.1) is 18.8 Å². The van der Waals surface area contributed by atoms with Gasteiger partial charge < -0.3 is 15.3 Å². The van der Waals surface area contributed by atoms with Crippen LogP contribution < -0.4 is 5.32 Å². The maximum absolute atomic E-state index is 14.1. The van der Waals surface area contributed by atoms with Crippen LogP contribution in [0.4, 0.5) is 19.3 Å². The number of aliphatic hydroxyl groups excluding tert-OH is 1. The third-order valence-corrected chi connectivity index (χ3v) is 6.75. The molecule has 0 saturated carbocycles. The third-order valence-electron chi connectivity index (χ3n) is 6.75. The van der Waals surface area contributed by atoms with Gasteiger partial charge in [0, 0.05) is 42.7 Å². The predicted octanol–water partition coefficient (Wildman–Crippen LogP) is 3.33. The summed E-state index contributed by atoms with van der Waals surface area (Å²) in [6, 6.07) is 10.7. The van der Waals surface area contributed by atoms with E-state index in [-0.39, 0.29) is 30.3 Å². The molecule has 2 aliphatic heterocycles. The lowest BCUT2D eigenvalue weighted by Gasteiger charge is -2.57. The molecule has 0 spiro atoms. The lowest BCUT2D eigenvalue weighted by atomic mass is 9.74. The zero-order chi connectivity index (χ0) is 24.9. The molecule has 0 unspecified atom stereocenters. The number of aliphatic hydroxyl groups is 1. The number of hydrogen-bond donors (Lipinski definition) is 2. The molecule has 2 N–H and O–H groups in total. The van der Waals surface area contributed by atoms with E-state index in [0.717, 1.165) is 48.7 Å². The molecule has 35 heavy (non-hydrogen) atoms. The summed E-state index contributed by atoms with van der Waals surface area (Å²) in [6.45, 7) is 2.55. The minimum atomic E-state index is -0.677. The Balaban J connectivity index is 1.50. The Bertz CT molecular complexity index is 1100. The molecule has 0 radical (unpaired) electrons. The number of urea groups is 1. The van der Waals surface area contributed by atoms with Crippen LogP contribution in [0.2, 0.25) is 0 Å². The Morgan fingerprint density at radius 2 is 1.89 bits per heavy atom. The molecule has 8 heteroatoms. The summed E-state index contributed by atoms with van der Waals surface area (Å²) in [5.74, 6) is 5.06. The van der Waals surface area contributed by atoms with Gasteiger partial charge in [0.15, 0.2) is 0 Å². The van der Waals surface area contributed by atoms with E-state index in [0.29, 0.717) is 19.6 Å². The maximum atomic E-state index is 14.1. The van der Waals surface area contributed by atoms with Crippen LogP contribution in [0.5, 0.6) is 0 Å². The first-order valence-electron chi connectivity index (χ1n) is 12.0. The SMILES string of the molecule is CN(C)CC#Cc1ccc([C@H]2[C@H]3CN(C(=O)Nc4cc(F)ccc4F)CCCCN3[C@H]2CO)cc1. The van der Waals surface area contributed by atoms with Gasteiger partial charge in [0.25, 0.3) is 0 Å². The standard InChI is InChI=1S/C27H32F2N4O2/c1-31(2)13-5-6-19-7-9-20(10-8-19)26-24-17-32(14-3-4-15-33(24)25(26)18-34)27(35)30-23-16-21(28)11-12-22(23)29/h7-12,16,24-26,34H,3-4,13-15,17-18H2,1-2H3,(H,30,35)/t24-,25+,26+/m1/s1. The molecule has 2 aromatic rings. The third kappa shape index (κ3) is 5.81. The average molecular weight is 483 g/mol. The highest BCUT2D eigenvalue weighted by Crippen LogP contribution is 2.42. The molecule has 2 aromatic carbocycles. The fourth-order valence-electron chi connectivity index (χ4n) is 5.00. The molecular formula is C27H32F2N4O2. The van der Waals surface area contributed by atoms with Crippen molar-refractivity contribution in [3.8, 4) is 11.8 Å². The molecule has 2 aliphatic rings. The molecule has 2 heterocycles. The first-order chi connectivity index (χ1) is 16.9. The van der Waals surface area contributed by atoms with Gasteiger partial charge >= 0.3 is 6.03 Å². The Hall–Kier alpha value is -2.99. The predicted molar refractivity (Wildman–Crippen MR) is 132 cm³/mol. The highest BCUT2D eigenvalue weighted by molar-refractivity contribution is 5.89. The second kappa shape index (κ2) is 11.2. The van der Waals surface area contributed by atoms with Crippen molar-refractivity contribution in [2.45, 2.75) is 30.8 Å². The van der Waals surface area contributed by atoms with Crippen molar-refractivity contribution in [3.63, 3.8) is 0 Å². The van der Waals surface area contributed by atoms with E-state index in [1.807, 2.05) is 31.1 Å². The van der Waals surface area contributed by atoms with Crippen LogP contribution in [0.25, 0.3) is 0 Å². The molecule has 4 rings (SSSR count). The summed E-state index contributed by atoms with van der Waals surface area (Å²) in [5, 5.41) is 12.7. The second-order valence-electron chi connectivity index (χ2n) is 9.45. The number of hydrogen-bond acceptors (Lipinski definition) is 4. The van der Waals surface area contributed by atoms with Crippen LogP contribution in [0.3, 0.4) is 0 Å². The number of amides is 2. The number of halogens is 2. The highest BCUT2D eigenvalue weighted by Gasteiger charge is 2.49. The smallest absolute Gasteiger partial charge is 0.321 e. The number of fused-ring (bicyclic) bond motifs is 1. The zero-order valence-electron chi connectivity index (χ0n) is 20.2. The van der Waals surface area contributed by atoms with Crippen molar-refractivity contribution >= 4 is 11.7 Å². The maximum Gasteiger partial charge on any atom is 0.321 e. The number of rotatable bonds is 4. The monoisotopic (exact) mass is 482 g/mol. The van der Waals surface area contributed by atoms with Gasteiger partial charge in [0.2, 0.25) is 0 Å². The number of carbonyl (C=O) groups is 1. The number of benzene rings is 2. The first-order valence-corrected chi connectivity index (χ1v) is 12.0. The Morgan fingerprint density at radius 3 is 2.60 bits per heavy atom. The minimum Gasteiger partial charge on any atom is -0.395 e. The molecular weight excluding hydrogens is 450 g/mol. The lowest BCUT2D eigenvalue weighted by Crippen LogP contribution is -2.68. The normalized spacial score (nSPS) is 22.3. The van der Waals surface area contributed by atoms with Gasteiger partial charge in [-0.2, -0.15) is 0 Å². The fraction of sp³-hybridized carbons (Fsp3) is 0.444. The molecule has 2 amide bonds. The van der Waals surface area contributed by atoms with Crippen molar-refractivity contribution < 1.29 is 18.7 Å². The van der Waals surface area contributed by atoms with E-state index >= 15 is 0 Å². The van der Waals surface area contributed by atoms with E-state index < -0.39 is 17.7 Å². The summed E-state index contributed by atoms with van der Waals surface area (Å²) < 4.78 is 27.6. The van der Waals surface area contributed by atoms with Crippen molar-refractivity contribution in [1.82, 2.24) is 14.7 Å². The second-order valence-corrected chi connectivity index (χ2v) is 9.45. The molecule has 0 aromatic heterocycles. The summed E-state index contributed by atoms with van der Waals surface area (Å²) in [5.41, 5.74) is 1.86. The lowest BCUT2D eigenvalue weighted by molar-refractivity contribution is -0.0585. The molecule has 2 fully saturated rings. The number of anilines is 1. The van der Waals surface area contributed by atoms with Crippen molar-refractivity contribution in [2.75, 3.05) is 52.2 Å². The molecule has 0 bridgehead atoms. The number of nitrogens with zero attached hydrogens (tertiary/aromatic N) is 3. The minimum absolute atomic E-state index is 0.0191. The first kappa shape index (κ1) is 25.1. The quantitative estimate of drug-likeness (QED) is 0.657. The Labute approximate surface area is 205 Å². The Morgan fingerprint density at radius 1 is 1.14 bits per heavy atom. The molecule has 2 saturated heterocycles. The largest absolute Gasteiger partial charge is 0.395 e. The van der Waals surface area contributed by atoms with Gasteiger partial charge in [-0.3, -0.25) is 9.80 Å². The van der Waals surface area contributed by atoms with Crippen LogP contribution in [0.1, 0.15) is 29.9 Å². The number of nitrogens with one attached hydrogen (secondary N) is 1. The molecule has 186 valence electrons. The Kier molecular flexibility index (Phi) is 8.01. The zero-order valence-corrected chi connectivity index (χ0v) is 20.2. The van der Waals surface area contributed by atoms with Gasteiger partial charge in [-0.25, -0.2) is 13.6 Å². The van der Waals surface area contributed by atoms with E-state index in [9.17, 15) is 18.7 Å². The number of carbonyl (C=O) groups excluding carboxylic acids is 1. The topological polar surface area (TPSA) is 59.0 Å². The van der Waals surface area contributed by atoms with E-state index in [2.05, 4.69) is 34.2 Å². The van der Waals surface area contributed by atoms with Gasteiger partial charge in [-0.05, 0) is 63.3 Å². The average Bonchev–Trinajstić information content (AvgIpc) is 2.81.